The van der Waals surface area contributed by atoms with Gasteiger partial charge in [-0.05, 0) is 54.8 Å². The molecule has 28 heavy (non-hydrogen) atoms. The quantitative estimate of drug-likeness (QED) is 0.800. The van der Waals surface area contributed by atoms with Crippen molar-refractivity contribution in [3.8, 4) is 5.69 Å². The molecule has 2 aromatic rings. The third-order valence-corrected chi connectivity index (χ3v) is 5.58. The molecule has 1 saturated carbocycles. The summed E-state index contributed by atoms with van der Waals surface area (Å²) in [6.45, 7) is 3.46. The number of hydrogen-bond donors (Lipinski definition) is 1. The Bertz CT molecular complexity index is 929. The van der Waals surface area contributed by atoms with Gasteiger partial charge in [0.1, 0.15) is 6.54 Å². The van der Waals surface area contributed by atoms with Crippen LogP contribution < -0.4 is 5.32 Å². The summed E-state index contributed by atoms with van der Waals surface area (Å²) in [6.07, 6.45) is 3.39. The molecule has 1 saturated heterocycles. The molecule has 1 N–H and O–H groups in total. The Morgan fingerprint density at radius 1 is 1.14 bits per heavy atom. The minimum absolute atomic E-state index is 0.209. The van der Waals surface area contributed by atoms with Gasteiger partial charge in [0.05, 0.1) is 17.5 Å². The lowest BCUT2D eigenvalue weighted by molar-refractivity contribution is -0.142. The number of aromatic nitrogens is 4. The summed E-state index contributed by atoms with van der Waals surface area (Å²) in [5, 5.41) is 14.3. The van der Waals surface area contributed by atoms with E-state index in [2.05, 4.69) is 20.8 Å². The Kier molecular flexibility index (Phi) is 4.66. The summed E-state index contributed by atoms with van der Waals surface area (Å²) in [5.74, 6) is -0.686. The number of anilines is 1. The third kappa shape index (κ3) is 3.17. The standard InChI is InChI=1S/C19H22N6O3/c1-11-7-8-13(9-16(11)25-12(2)21-22-23-25)20-17(26)10-24-18(27)14-5-3-4-6-15(14)19(24)28/h7-9,14-15H,3-6,10H2,1-2H3,(H,20,26). The van der Waals surface area contributed by atoms with Gasteiger partial charge in [-0.1, -0.05) is 18.9 Å². The van der Waals surface area contributed by atoms with Crippen molar-refractivity contribution in [2.45, 2.75) is 39.5 Å². The average molecular weight is 382 g/mol. The molecule has 0 radical (unpaired) electrons. The van der Waals surface area contributed by atoms with Crippen molar-refractivity contribution < 1.29 is 14.4 Å². The normalized spacial score (nSPS) is 21.7. The highest BCUT2D eigenvalue weighted by Gasteiger charge is 2.48. The number of aryl methyl sites for hydroxylation is 2. The van der Waals surface area contributed by atoms with Crippen LogP contribution in [0, 0.1) is 25.7 Å². The zero-order valence-electron chi connectivity index (χ0n) is 15.9. The Morgan fingerprint density at radius 2 is 1.82 bits per heavy atom. The van der Waals surface area contributed by atoms with Crippen LogP contribution in [-0.2, 0) is 14.4 Å². The number of nitrogens with one attached hydrogen (secondary N) is 1. The first kappa shape index (κ1) is 18.3. The van der Waals surface area contributed by atoms with Crippen molar-refractivity contribution in [3.05, 3.63) is 29.6 Å². The maximum atomic E-state index is 12.5. The van der Waals surface area contributed by atoms with Gasteiger partial charge in [-0.25, -0.2) is 0 Å². The molecule has 2 unspecified atom stereocenters. The lowest BCUT2D eigenvalue weighted by Crippen LogP contribution is -2.38. The van der Waals surface area contributed by atoms with Gasteiger partial charge in [-0.2, -0.15) is 4.68 Å². The van der Waals surface area contributed by atoms with E-state index in [9.17, 15) is 14.4 Å². The van der Waals surface area contributed by atoms with Gasteiger partial charge < -0.3 is 5.32 Å². The molecule has 0 bridgehead atoms. The fourth-order valence-corrected chi connectivity index (χ4v) is 4.10. The van der Waals surface area contributed by atoms with Crippen molar-refractivity contribution in [3.63, 3.8) is 0 Å². The zero-order valence-corrected chi connectivity index (χ0v) is 15.9. The molecular formula is C19H22N6O3. The highest BCUT2D eigenvalue weighted by Crippen LogP contribution is 2.37. The number of hydrogen-bond acceptors (Lipinski definition) is 6. The number of imide groups is 1. The van der Waals surface area contributed by atoms with E-state index in [4.69, 9.17) is 0 Å². The summed E-state index contributed by atoms with van der Waals surface area (Å²) in [5.41, 5.74) is 2.25. The van der Waals surface area contributed by atoms with Crippen LogP contribution in [0.15, 0.2) is 18.2 Å². The predicted octanol–water partition coefficient (Wildman–Crippen LogP) is 1.39. The summed E-state index contributed by atoms with van der Waals surface area (Å²) in [6, 6.07) is 5.39. The van der Waals surface area contributed by atoms with Crippen LogP contribution in [0.25, 0.3) is 5.69 Å². The van der Waals surface area contributed by atoms with Gasteiger partial charge >= 0.3 is 0 Å². The van der Waals surface area contributed by atoms with E-state index in [0.29, 0.717) is 11.5 Å². The van der Waals surface area contributed by atoms with E-state index in [1.807, 2.05) is 13.0 Å². The highest BCUT2D eigenvalue weighted by molar-refractivity contribution is 6.08. The van der Waals surface area contributed by atoms with Crippen molar-refractivity contribution in [2.75, 3.05) is 11.9 Å². The van der Waals surface area contributed by atoms with Crippen molar-refractivity contribution >= 4 is 23.4 Å². The molecule has 2 heterocycles. The first-order valence-electron chi connectivity index (χ1n) is 9.47. The van der Waals surface area contributed by atoms with Gasteiger partial charge in [-0.3, -0.25) is 19.3 Å². The topological polar surface area (TPSA) is 110 Å². The van der Waals surface area contributed by atoms with Crippen molar-refractivity contribution in [1.29, 1.82) is 0 Å². The second-order valence-corrected chi connectivity index (χ2v) is 7.45. The minimum Gasteiger partial charge on any atom is -0.324 e. The van der Waals surface area contributed by atoms with Gasteiger partial charge in [0.15, 0.2) is 5.82 Å². The maximum absolute atomic E-state index is 12.5. The number of rotatable bonds is 4. The second kappa shape index (κ2) is 7.14. The molecular weight excluding hydrogens is 360 g/mol. The minimum atomic E-state index is -0.399. The number of tetrazole rings is 1. The van der Waals surface area contributed by atoms with Crippen LogP contribution in [0.1, 0.15) is 37.1 Å². The number of likely N-dealkylation sites (tertiary alicyclic amines) is 1. The third-order valence-electron chi connectivity index (χ3n) is 5.58. The zero-order chi connectivity index (χ0) is 19.8. The predicted molar refractivity (Wildman–Crippen MR) is 99.4 cm³/mol. The molecule has 146 valence electrons. The molecule has 1 aliphatic heterocycles. The van der Waals surface area contributed by atoms with E-state index in [1.54, 1.807) is 23.7 Å². The summed E-state index contributed by atoms with van der Waals surface area (Å²) in [4.78, 5) is 38.7. The second-order valence-electron chi connectivity index (χ2n) is 7.45. The maximum Gasteiger partial charge on any atom is 0.244 e. The van der Waals surface area contributed by atoms with Gasteiger partial charge in [0, 0.05) is 5.69 Å². The molecule has 4 rings (SSSR count). The van der Waals surface area contributed by atoms with E-state index in [-0.39, 0.29) is 30.2 Å². The molecule has 9 nitrogen and oxygen atoms in total. The number of carbonyl (C=O) groups is 3. The van der Waals surface area contributed by atoms with Crippen LogP contribution in [-0.4, -0.2) is 49.4 Å². The van der Waals surface area contributed by atoms with E-state index < -0.39 is 5.91 Å². The Hall–Kier alpha value is -3.10. The smallest absolute Gasteiger partial charge is 0.244 e. The largest absolute Gasteiger partial charge is 0.324 e. The van der Waals surface area contributed by atoms with Crippen molar-refractivity contribution in [1.82, 2.24) is 25.1 Å². The first-order valence-corrected chi connectivity index (χ1v) is 9.47. The fraction of sp³-hybridized carbons (Fsp3) is 0.474. The highest BCUT2D eigenvalue weighted by atomic mass is 16.2. The Labute approximate surface area is 162 Å². The summed E-state index contributed by atoms with van der Waals surface area (Å²) >= 11 is 0. The molecule has 2 atom stereocenters. The van der Waals surface area contributed by atoms with E-state index >= 15 is 0 Å². The number of nitrogens with zero attached hydrogens (tertiary/aromatic N) is 5. The number of fused-ring (bicyclic) bond motifs is 1. The fourth-order valence-electron chi connectivity index (χ4n) is 4.10. The lowest BCUT2D eigenvalue weighted by Gasteiger charge is -2.19. The first-order chi connectivity index (χ1) is 13.5. The summed E-state index contributed by atoms with van der Waals surface area (Å²) < 4.78 is 1.59. The molecule has 2 fully saturated rings. The van der Waals surface area contributed by atoms with E-state index in [0.717, 1.165) is 41.8 Å². The lowest BCUT2D eigenvalue weighted by atomic mass is 9.81. The van der Waals surface area contributed by atoms with E-state index in [1.165, 1.54) is 0 Å². The average Bonchev–Trinajstić information content (AvgIpc) is 3.21. The summed E-state index contributed by atoms with van der Waals surface area (Å²) in [7, 11) is 0. The molecule has 3 amide bonds. The van der Waals surface area contributed by atoms with Crippen LogP contribution >= 0.6 is 0 Å². The number of benzene rings is 1. The number of amides is 3. The Morgan fingerprint density at radius 3 is 2.43 bits per heavy atom. The van der Waals surface area contributed by atoms with Gasteiger partial charge in [-0.15, -0.1) is 5.10 Å². The van der Waals surface area contributed by atoms with Gasteiger partial charge in [0.2, 0.25) is 17.7 Å². The molecule has 1 aromatic heterocycles. The van der Waals surface area contributed by atoms with Crippen molar-refractivity contribution in [2.24, 2.45) is 11.8 Å². The van der Waals surface area contributed by atoms with Crippen LogP contribution in [0.4, 0.5) is 5.69 Å². The van der Waals surface area contributed by atoms with Crippen LogP contribution in [0.2, 0.25) is 0 Å². The molecule has 9 heteroatoms. The molecule has 0 spiro atoms. The molecule has 2 aliphatic rings. The molecule has 1 aliphatic carbocycles. The molecule has 1 aromatic carbocycles. The Balaban J connectivity index is 1.48. The van der Waals surface area contributed by atoms with Crippen LogP contribution in [0.3, 0.4) is 0 Å². The monoisotopic (exact) mass is 382 g/mol. The van der Waals surface area contributed by atoms with Gasteiger partial charge in [0.25, 0.3) is 0 Å². The number of carbonyl (C=O) groups excluding carboxylic acids is 3. The SMILES string of the molecule is Cc1ccc(NC(=O)CN2C(=O)C3CCCCC3C2=O)cc1-n1nnnc1C. The van der Waals surface area contributed by atoms with Crippen LogP contribution in [0.5, 0.6) is 0 Å².